The highest BCUT2D eigenvalue weighted by atomic mass is 16.1. The van der Waals surface area contributed by atoms with Crippen LogP contribution in [0.25, 0.3) is 44.6 Å². The van der Waals surface area contributed by atoms with Crippen molar-refractivity contribution >= 4 is 34.1 Å². The summed E-state index contributed by atoms with van der Waals surface area (Å²) in [6, 6.07) is 17.4. The average molecular weight is 458 g/mol. The fourth-order valence-corrected chi connectivity index (χ4v) is 5.02. The smallest absolute Gasteiger partial charge is 0.252 e. The van der Waals surface area contributed by atoms with Crippen LogP contribution in [-0.4, -0.2) is 35.8 Å². The van der Waals surface area contributed by atoms with Gasteiger partial charge in [0.1, 0.15) is 16.9 Å². The highest BCUT2D eigenvalue weighted by Crippen LogP contribution is 2.48. The third-order valence-electron chi connectivity index (χ3n) is 6.49. The van der Waals surface area contributed by atoms with Crippen molar-refractivity contribution in [3.05, 3.63) is 90.0 Å². The van der Waals surface area contributed by atoms with Crippen LogP contribution in [0.4, 0.5) is 5.95 Å². The number of hydrogen-bond donors (Lipinski definition) is 4. The van der Waals surface area contributed by atoms with E-state index in [1.807, 2.05) is 42.5 Å². The topological polar surface area (TPSA) is 138 Å². The Labute approximate surface area is 198 Å². The third-order valence-corrected chi connectivity index (χ3v) is 6.49. The number of H-pyrrole nitrogens is 2. The van der Waals surface area contributed by atoms with Gasteiger partial charge in [-0.1, -0.05) is 42.5 Å². The summed E-state index contributed by atoms with van der Waals surface area (Å²) in [5.74, 6) is -0.0150. The SMILES string of the molecule is Nc1nc(-c2cccc3c2-c2ccccc2C3NC(=O)c2ccnc3[nH]ccc23)c2[nH]cnc2n1. The van der Waals surface area contributed by atoms with Gasteiger partial charge >= 0.3 is 0 Å². The molecule has 35 heavy (non-hydrogen) atoms. The van der Waals surface area contributed by atoms with E-state index < -0.39 is 0 Å². The second kappa shape index (κ2) is 7.22. The first-order valence-corrected chi connectivity index (χ1v) is 11.1. The van der Waals surface area contributed by atoms with Gasteiger partial charge in [0, 0.05) is 23.3 Å². The molecule has 1 atom stereocenters. The molecule has 7 rings (SSSR count). The second-order valence-electron chi connectivity index (χ2n) is 8.39. The molecule has 5 N–H and O–H groups in total. The molecule has 0 saturated heterocycles. The molecule has 9 heteroatoms. The predicted molar refractivity (Wildman–Crippen MR) is 132 cm³/mol. The number of aromatic nitrogens is 6. The number of amides is 1. The number of pyridine rings is 1. The van der Waals surface area contributed by atoms with E-state index >= 15 is 0 Å². The molecule has 1 unspecified atom stereocenters. The lowest BCUT2D eigenvalue weighted by atomic mass is 9.96. The van der Waals surface area contributed by atoms with Crippen molar-refractivity contribution in [1.82, 2.24) is 35.2 Å². The van der Waals surface area contributed by atoms with Crippen molar-refractivity contribution in [1.29, 1.82) is 0 Å². The molecule has 2 aromatic carbocycles. The molecule has 0 bridgehead atoms. The molecule has 0 spiro atoms. The predicted octanol–water partition coefficient (Wildman–Crippen LogP) is 3.98. The Kier molecular flexibility index (Phi) is 4.01. The largest absolute Gasteiger partial charge is 0.368 e. The van der Waals surface area contributed by atoms with Crippen molar-refractivity contribution < 1.29 is 4.79 Å². The highest BCUT2D eigenvalue weighted by molar-refractivity contribution is 6.06. The van der Waals surface area contributed by atoms with Gasteiger partial charge < -0.3 is 21.0 Å². The number of nitrogens with two attached hydrogens (primary N) is 1. The van der Waals surface area contributed by atoms with Crippen LogP contribution < -0.4 is 11.1 Å². The number of fused-ring (bicyclic) bond motifs is 5. The van der Waals surface area contributed by atoms with Crippen LogP contribution in [0.1, 0.15) is 27.5 Å². The number of hydrogen-bond acceptors (Lipinski definition) is 6. The summed E-state index contributed by atoms with van der Waals surface area (Å²) >= 11 is 0. The van der Waals surface area contributed by atoms with E-state index in [-0.39, 0.29) is 17.9 Å². The minimum absolute atomic E-state index is 0.154. The van der Waals surface area contributed by atoms with Crippen molar-refractivity contribution in [2.24, 2.45) is 0 Å². The Morgan fingerprint density at radius 2 is 1.77 bits per heavy atom. The molecule has 0 saturated carbocycles. The van der Waals surface area contributed by atoms with E-state index in [0.717, 1.165) is 33.2 Å². The molecule has 1 amide bonds. The lowest BCUT2D eigenvalue weighted by Gasteiger charge is -2.17. The number of imidazole rings is 1. The van der Waals surface area contributed by atoms with Gasteiger partial charge in [0.2, 0.25) is 5.95 Å². The minimum Gasteiger partial charge on any atom is -0.368 e. The van der Waals surface area contributed by atoms with Crippen LogP contribution in [0.2, 0.25) is 0 Å². The molecular formula is C26H18N8O. The lowest BCUT2D eigenvalue weighted by molar-refractivity contribution is 0.0945. The van der Waals surface area contributed by atoms with Crippen LogP contribution in [-0.2, 0) is 0 Å². The van der Waals surface area contributed by atoms with E-state index in [2.05, 4.69) is 41.3 Å². The maximum atomic E-state index is 13.5. The maximum Gasteiger partial charge on any atom is 0.252 e. The molecule has 1 aliphatic carbocycles. The molecule has 9 nitrogen and oxygen atoms in total. The van der Waals surface area contributed by atoms with Gasteiger partial charge in [0.15, 0.2) is 5.65 Å². The minimum atomic E-state index is -0.327. The first kappa shape index (κ1) is 19.4. The number of rotatable bonds is 3. The van der Waals surface area contributed by atoms with Gasteiger partial charge in [0.25, 0.3) is 5.91 Å². The van der Waals surface area contributed by atoms with Crippen LogP contribution in [0, 0.1) is 0 Å². The molecule has 0 radical (unpaired) electrons. The normalized spacial score (nSPS) is 14.2. The fourth-order valence-electron chi connectivity index (χ4n) is 5.02. The number of anilines is 1. The van der Waals surface area contributed by atoms with Gasteiger partial charge in [-0.3, -0.25) is 4.79 Å². The highest BCUT2D eigenvalue weighted by Gasteiger charge is 2.33. The molecule has 4 heterocycles. The van der Waals surface area contributed by atoms with Crippen LogP contribution >= 0.6 is 0 Å². The van der Waals surface area contributed by atoms with Crippen molar-refractivity contribution in [3.8, 4) is 22.4 Å². The first-order chi connectivity index (χ1) is 17.2. The number of aromatic amines is 2. The standard InChI is InChI=1S/C26H18N8O/c27-26-33-21(22-24(34-26)31-12-30-22)18-7-3-6-17-19(18)13-4-1-2-5-14(13)20(17)32-25(35)16-9-11-29-23-15(16)8-10-28-23/h1-12,20H,(H,28,29)(H,32,35)(H3,27,30,31,33,34). The van der Waals surface area contributed by atoms with Crippen molar-refractivity contribution in [3.63, 3.8) is 0 Å². The Morgan fingerprint density at radius 1 is 0.914 bits per heavy atom. The lowest BCUT2D eigenvalue weighted by Crippen LogP contribution is -2.28. The zero-order valence-corrected chi connectivity index (χ0v) is 18.3. The van der Waals surface area contributed by atoms with Gasteiger partial charge in [-0.15, -0.1) is 0 Å². The Hall–Kier alpha value is -5.05. The summed E-state index contributed by atoms with van der Waals surface area (Å²) in [6.07, 6.45) is 5.00. The first-order valence-electron chi connectivity index (χ1n) is 11.1. The molecule has 0 fully saturated rings. The van der Waals surface area contributed by atoms with Crippen molar-refractivity contribution in [2.75, 3.05) is 5.73 Å². The Balaban J connectivity index is 1.40. The number of carbonyl (C=O) groups is 1. The molecule has 168 valence electrons. The zero-order chi connectivity index (χ0) is 23.5. The van der Waals surface area contributed by atoms with Gasteiger partial charge in [0.05, 0.1) is 17.9 Å². The van der Waals surface area contributed by atoms with E-state index in [9.17, 15) is 4.79 Å². The second-order valence-corrected chi connectivity index (χ2v) is 8.39. The molecule has 4 aromatic heterocycles. The van der Waals surface area contributed by atoms with E-state index in [0.29, 0.717) is 28.1 Å². The quantitative estimate of drug-likeness (QED) is 0.316. The summed E-state index contributed by atoms with van der Waals surface area (Å²) in [7, 11) is 0. The summed E-state index contributed by atoms with van der Waals surface area (Å²) < 4.78 is 0. The van der Waals surface area contributed by atoms with E-state index in [1.165, 1.54) is 0 Å². The monoisotopic (exact) mass is 458 g/mol. The van der Waals surface area contributed by atoms with Gasteiger partial charge in [-0.2, -0.15) is 4.98 Å². The van der Waals surface area contributed by atoms with Gasteiger partial charge in [-0.25, -0.2) is 15.0 Å². The summed E-state index contributed by atoms with van der Waals surface area (Å²) in [5.41, 5.74) is 14.1. The van der Waals surface area contributed by atoms with E-state index in [1.54, 1.807) is 24.8 Å². The zero-order valence-electron chi connectivity index (χ0n) is 18.3. The Bertz CT molecular complexity index is 1780. The number of nitrogens with one attached hydrogen (secondary N) is 3. The molecule has 0 aliphatic heterocycles. The van der Waals surface area contributed by atoms with Crippen molar-refractivity contribution in [2.45, 2.75) is 6.04 Å². The fraction of sp³-hybridized carbons (Fsp3) is 0.0385. The molecule has 6 aromatic rings. The van der Waals surface area contributed by atoms with Crippen LogP contribution in [0.15, 0.2) is 73.3 Å². The summed E-state index contributed by atoms with van der Waals surface area (Å²) in [5, 5.41) is 4.03. The number of nitrogen functional groups attached to an aromatic ring is 1. The Morgan fingerprint density at radius 3 is 2.71 bits per heavy atom. The summed E-state index contributed by atoms with van der Waals surface area (Å²) in [4.78, 5) is 37.0. The average Bonchev–Trinajstić information content (AvgIpc) is 3.61. The molecular weight excluding hydrogens is 440 g/mol. The van der Waals surface area contributed by atoms with Crippen LogP contribution in [0.3, 0.4) is 0 Å². The number of carbonyl (C=O) groups excluding carboxylic acids is 1. The maximum absolute atomic E-state index is 13.5. The van der Waals surface area contributed by atoms with E-state index in [4.69, 9.17) is 5.73 Å². The van der Waals surface area contributed by atoms with Gasteiger partial charge in [-0.05, 0) is 34.4 Å². The number of benzene rings is 2. The number of nitrogens with zero attached hydrogens (tertiary/aromatic N) is 4. The third kappa shape index (κ3) is 2.85. The van der Waals surface area contributed by atoms with Crippen LogP contribution in [0.5, 0.6) is 0 Å². The molecule has 1 aliphatic rings. The summed E-state index contributed by atoms with van der Waals surface area (Å²) in [6.45, 7) is 0.